The van der Waals surface area contributed by atoms with Gasteiger partial charge in [-0.25, -0.2) is 13.8 Å². The zero-order valence-corrected chi connectivity index (χ0v) is 25.1. The molecule has 1 unspecified atom stereocenters. The molecule has 0 aliphatic rings. The summed E-state index contributed by atoms with van der Waals surface area (Å²) >= 11 is 12.2. The van der Waals surface area contributed by atoms with E-state index >= 15 is 0 Å². The normalized spacial score (nSPS) is 12.0. The molecule has 4 aromatic carbocycles. The second kappa shape index (κ2) is 13.8. The van der Waals surface area contributed by atoms with Crippen molar-refractivity contribution in [1.82, 2.24) is 14.9 Å². The van der Waals surface area contributed by atoms with Gasteiger partial charge in [0.1, 0.15) is 5.82 Å². The van der Waals surface area contributed by atoms with Crippen molar-refractivity contribution in [2.45, 2.75) is 25.6 Å². The minimum atomic E-state index is -0.920. The molecule has 3 N–H and O–H groups in total. The highest BCUT2D eigenvalue weighted by atomic mass is 35.5. The van der Waals surface area contributed by atoms with Gasteiger partial charge < -0.3 is 20.5 Å². The lowest BCUT2D eigenvalue weighted by Crippen LogP contribution is -2.26. The number of fused-ring (bicyclic) bond motifs is 1. The van der Waals surface area contributed by atoms with Crippen LogP contribution in [0.5, 0.6) is 0 Å². The van der Waals surface area contributed by atoms with E-state index in [1.807, 2.05) is 53.1 Å². The Morgan fingerprint density at radius 3 is 2.32 bits per heavy atom. The Hall–Kier alpha value is -3.98. The zero-order valence-electron chi connectivity index (χ0n) is 23.6. The second-order valence-corrected chi connectivity index (χ2v) is 11.0. The van der Waals surface area contributed by atoms with E-state index in [4.69, 9.17) is 33.9 Å². The molecule has 4 radical (unpaired) electrons. The summed E-state index contributed by atoms with van der Waals surface area (Å²) in [6.45, 7) is 11.6. The molecular formula is C34H29Cl2F2N5O. The molecule has 0 bridgehead atoms. The number of anilines is 1. The van der Waals surface area contributed by atoms with Crippen molar-refractivity contribution in [2.24, 2.45) is 5.73 Å². The van der Waals surface area contributed by atoms with Crippen LogP contribution in [0, 0.1) is 38.6 Å². The third kappa shape index (κ3) is 7.04. The number of imidazole rings is 1. The first-order valence-corrected chi connectivity index (χ1v) is 14.5. The molecule has 1 atom stereocenters. The number of carbonyl (C=O) groups is 1. The van der Waals surface area contributed by atoms with Crippen LogP contribution in [-0.2, 0) is 17.9 Å². The molecule has 0 saturated carbocycles. The fraction of sp³-hybridized carbons (Fsp3) is 0.118. The molecule has 0 aliphatic carbocycles. The van der Waals surface area contributed by atoms with Crippen LogP contribution in [0.4, 0.5) is 14.5 Å². The van der Waals surface area contributed by atoms with Gasteiger partial charge in [-0.1, -0.05) is 41.4 Å². The lowest BCUT2D eigenvalue weighted by Gasteiger charge is -2.20. The van der Waals surface area contributed by atoms with Crippen LogP contribution in [0.25, 0.3) is 22.4 Å². The van der Waals surface area contributed by atoms with E-state index in [1.54, 1.807) is 36.2 Å². The van der Waals surface area contributed by atoms with Gasteiger partial charge in [0, 0.05) is 49.9 Å². The monoisotopic (exact) mass is 631 g/mol. The van der Waals surface area contributed by atoms with Crippen LogP contribution in [-0.4, -0.2) is 15.5 Å². The van der Waals surface area contributed by atoms with Crippen molar-refractivity contribution in [3.63, 3.8) is 0 Å². The number of hydrogen-bond donors (Lipinski definition) is 2. The Bertz CT molecular complexity index is 1790. The maximum atomic E-state index is 14.1. The summed E-state index contributed by atoms with van der Waals surface area (Å²) in [7, 11) is 0. The summed E-state index contributed by atoms with van der Waals surface area (Å²) < 4.78 is 29.8. The van der Waals surface area contributed by atoms with Crippen molar-refractivity contribution in [1.29, 1.82) is 0 Å². The molecule has 1 amide bonds. The Kier molecular flexibility index (Phi) is 9.84. The molecule has 1 aromatic heterocycles. The number of nitrogens with one attached hydrogen (secondary N) is 1. The molecular weight excluding hydrogens is 603 g/mol. The Morgan fingerprint density at radius 2 is 1.66 bits per heavy atom. The smallest absolute Gasteiger partial charge is 0.219 e. The minimum Gasteiger partial charge on any atom is -0.370 e. The number of nitrogens with two attached hydrogens (primary N) is 1. The first-order valence-electron chi connectivity index (χ1n) is 13.7. The summed E-state index contributed by atoms with van der Waals surface area (Å²) in [5.74, 6) is -1.66. The van der Waals surface area contributed by atoms with Gasteiger partial charge in [-0.05, 0) is 91.2 Å². The van der Waals surface area contributed by atoms with Crippen LogP contribution in [0.2, 0.25) is 10.0 Å². The van der Waals surface area contributed by atoms with Crippen LogP contribution < -0.4 is 16.0 Å². The third-order valence-electron chi connectivity index (χ3n) is 7.26. The fourth-order valence-electron chi connectivity index (χ4n) is 5.03. The van der Waals surface area contributed by atoms with E-state index in [0.717, 1.165) is 34.0 Å². The molecule has 0 fully saturated rings. The first-order chi connectivity index (χ1) is 21.2. The summed E-state index contributed by atoms with van der Waals surface area (Å²) in [6.07, 6.45) is 0.0554. The maximum Gasteiger partial charge on any atom is 0.219 e. The van der Waals surface area contributed by atoms with E-state index in [2.05, 4.69) is 19.2 Å². The number of amides is 1. The van der Waals surface area contributed by atoms with Crippen molar-refractivity contribution in [3.05, 3.63) is 144 Å². The lowest BCUT2D eigenvalue weighted by molar-refractivity contribution is -0.118. The summed E-state index contributed by atoms with van der Waals surface area (Å²) in [5, 5.41) is 4.29. The van der Waals surface area contributed by atoms with Crippen LogP contribution in [0.1, 0.15) is 29.2 Å². The third-order valence-corrected chi connectivity index (χ3v) is 8.00. The number of nitrogens with zero attached hydrogens (tertiary/aromatic N) is 3. The molecule has 0 saturated heterocycles. The van der Waals surface area contributed by atoms with E-state index < -0.39 is 23.6 Å². The molecule has 44 heavy (non-hydrogen) atoms. The zero-order chi connectivity index (χ0) is 31.4. The first kappa shape index (κ1) is 31.4. The van der Waals surface area contributed by atoms with E-state index in [0.29, 0.717) is 33.5 Å². The molecule has 1 heterocycles. The average molecular weight is 633 g/mol. The second-order valence-electron chi connectivity index (χ2n) is 10.2. The number of carbonyl (C=O) groups excluding carboxylic acids is 1. The predicted molar refractivity (Wildman–Crippen MR) is 172 cm³/mol. The van der Waals surface area contributed by atoms with Crippen molar-refractivity contribution in [3.8, 4) is 11.4 Å². The number of aromatic nitrogens is 2. The predicted octanol–water partition coefficient (Wildman–Crippen LogP) is 7.84. The van der Waals surface area contributed by atoms with Crippen molar-refractivity contribution < 1.29 is 13.6 Å². The van der Waals surface area contributed by atoms with Crippen molar-refractivity contribution in [2.75, 3.05) is 4.90 Å². The summed E-state index contributed by atoms with van der Waals surface area (Å²) in [6, 6.07) is 22.2. The van der Waals surface area contributed by atoms with Gasteiger partial charge in [-0.2, -0.15) is 0 Å². The minimum absolute atomic E-state index is 0.0554. The van der Waals surface area contributed by atoms with Crippen LogP contribution in [0.3, 0.4) is 0 Å². The topological polar surface area (TPSA) is 76.2 Å². The van der Waals surface area contributed by atoms with Gasteiger partial charge in [0.25, 0.3) is 0 Å². The molecule has 224 valence electrons. The number of hydrogen-bond acceptors (Lipinski definition) is 4. The van der Waals surface area contributed by atoms with Crippen LogP contribution >= 0.6 is 23.2 Å². The lowest BCUT2D eigenvalue weighted by atomic mass is 10.0. The standard InChI is InChI=1S/C34H29Cl2F2N5O/c1-3-42(4-2)25-10-7-23(8-11-25)34-41-31-17-24(9-14-32(31)43(34)20-22-6-13-28(37)29(38)16-22)30(18-33(39)44)40-19-21-5-12-26(35)27(36)15-21/h3-17,30,40H,1-2,18-20H2,(H2,39,44). The van der Waals surface area contributed by atoms with Gasteiger partial charge in [-0.15, -0.1) is 0 Å². The molecule has 10 heteroatoms. The number of benzene rings is 4. The Labute approximate surface area is 265 Å². The highest BCUT2D eigenvalue weighted by Gasteiger charge is 2.19. The maximum absolute atomic E-state index is 14.1. The average Bonchev–Trinajstić information content (AvgIpc) is 3.37. The molecule has 0 aliphatic heterocycles. The Balaban J connectivity index is 1.54. The Morgan fingerprint density at radius 1 is 0.932 bits per heavy atom. The highest BCUT2D eigenvalue weighted by molar-refractivity contribution is 6.42. The van der Waals surface area contributed by atoms with Gasteiger partial charge >= 0.3 is 0 Å². The molecule has 0 spiro atoms. The summed E-state index contributed by atoms with van der Waals surface area (Å²) in [5.41, 5.74) is 11.0. The number of primary amides is 1. The number of rotatable bonds is 12. The van der Waals surface area contributed by atoms with E-state index in [-0.39, 0.29) is 13.0 Å². The fourth-order valence-corrected chi connectivity index (χ4v) is 5.35. The van der Waals surface area contributed by atoms with E-state index in [9.17, 15) is 13.6 Å². The molecule has 5 aromatic rings. The number of halogens is 4. The van der Waals surface area contributed by atoms with Gasteiger partial charge in [0.05, 0.1) is 21.1 Å². The SMILES string of the molecule is [CH2][CH]N([CH][CH2])c1ccc(-c2nc3cc(C(CC(N)=O)NCc4ccc(Cl)c(Cl)c4)ccc3n2Cc2ccc(F)c(F)c2)cc1. The molecule has 6 nitrogen and oxygen atoms in total. The largest absolute Gasteiger partial charge is 0.370 e. The van der Waals surface area contributed by atoms with Gasteiger partial charge in [0.2, 0.25) is 5.91 Å². The quantitative estimate of drug-likeness (QED) is 0.147. The summed E-state index contributed by atoms with van der Waals surface area (Å²) in [4.78, 5) is 18.8. The van der Waals surface area contributed by atoms with Gasteiger partial charge in [0.15, 0.2) is 11.6 Å². The van der Waals surface area contributed by atoms with Crippen LogP contribution in [0.15, 0.2) is 78.9 Å². The highest BCUT2D eigenvalue weighted by Crippen LogP contribution is 2.31. The van der Waals surface area contributed by atoms with Gasteiger partial charge in [-0.3, -0.25) is 4.79 Å². The van der Waals surface area contributed by atoms with E-state index in [1.165, 1.54) is 6.07 Å². The van der Waals surface area contributed by atoms with Crippen molar-refractivity contribution >= 4 is 45.8 Å². The molecule has 5 rings (SSSR count).